The summed E-state index contributed by atoms with van der Waals surface area (Å²) in [6.45, 7) is 4.09. The van der Waals surface area contributed by atoms with Gasteiger partial charge in [0.15, 0.2) is 0 Å². The van der Waals surface area contributed by atoms with Gasteiger partial charge in [-0.3, -0.25) is 0 Å². The number of anilines is 1. The van der Waals surface area contributed by atoms with Gasteiger partial charge in [0.05, 0.1) is 5.69 Å². The summed E-state index contributed by atoms with van der Waals surface area (Å²) < 4.78 is 0. The lowest BCUT2D eigenvalue weighted by Crippen LogP contribution is -2.16. The molecule has 0 atom stereocenters. The van der Waals surface area contributed by atoms with E-state index in [0.717, 1.165) is 24.6 Å². The monoisotopic (exact) mass is 244 g/mol. The molecule has 1 aliphatic rings. The van der Waals surface area contributed by atoms with E-state index >= 15 is 0 Å². The Morgan fingerprint density at radius 3 is 2.44 bits per heavy atom. The zero-order valence-electron chi connectivity index (χ0n) is 11.1. The van der Waals surface area contributed by atoms with Gasteiger partial charge < -0.3 is 5.73 Å². The second kappa shape index (κ2) is 5.34. The molecule has 0 aliphatic heterocycles. The van der Waals surface area contributed by atoms with Gasteiger partial charge >= 0.3 is 0 Å². The van der Waals surface area contributed by atoms with Crippen LogP contribution in [0.4, 0.5) is 5.82 Å². The maximum absolute atomic E-state index is 8.96. The second-order valence-electron chi connectivity index (χ2n) is 5.17. The molecule has 0 saturated heterocycles. The van der Waals surface area contributed by atoms with Gasteiger partial charge in [0, 0.05) is 5.92 Å². The second-order valence-corrected chi connectivity index (χ2v) is 5.17. The molecular weight excluding hydrogens is 224 g/mol. The fraction of sp³-hybridized carbons (Fsp3) is 0.643. The number of nitrogens with zero attached hydrogens (tertiary/aromatic N) is 3. The first-order valence-corrected chi connectivity index (χ1v) is 6.69. The van der Waals surface area contributed by atoms with Crippen LogP contribution in [0, 0.1) is 24.2 Å². The van der Waals surface area contributed by atoms with Crippen LogP contribution in [0.5, 0.6) is 0 Å². The summed E-state index contributed by atoms with van der Waals surface area (Å²) >= 11 is 0. The molecule has 2 rings (SSSR count). The summed E-state index contributed by atoms with van der Waals surface area (Å²) in [5.74, 6) is 2.44. The molecule has 4 nitrogen and oxygen atoms in total. The third kappa shape index (κ3) is 2.45. The standard InChI is InChI=1S/C14H20N4/c1-3-10-4-6-11(7-5-10)14-17-9(2)12(8-15)13(16)18-14/h10-11H,3-7H2,1-2H3,(H2,16,17,18). The van der Waals surface area contributed by atoms with Crippen LogP contribution in [-0.4, -0.2) is 9.97 Å². The van der Waals surface area contributed by atoms with E-state index in [9.17, 15) is 0 Å². The van der Waals surface area contributed by atoms with E-state index in [4.69, 9.17) is 11.0 Å². The number of rotatable bonds is 2. The fourth-order valence-electron chi connectivity index (χ4n) is 2.77. The lowest BCUT2D eigenvalue weighted by atomic mass is 9.80. The molecule has 1 fully saturated rings. The van der Waals surface area contributed by atoms with Crippen LogP contribution in [0.1, 0.15) is 62.0 Å². The highest BCUT2D eigenvalue weighted by molar-refractivity contribution is 5.50. The maximum atomic E-state index is 8.96. The summed E-state index contributed by atoms with van der Waals surface area (Å²) in [7, 11) is 0. The Bertz CT molecular complexity index is 444. The molecule has 96 valence electrons. The van der Waals surface area contributed by atoms with Gasteiger partial charge in [-0.25, -0.2) is 9.97 Å². The number of nitriles is 1. The SMILES string of the molecule is CCC1CCC(c2nc(C)c(C#N)c(N)n2)CC1. The molecule has 0 amide bonds. The van der Waals surface area contributed by atoms with E-state index in [2.05, 4.69) is 23.0 Å². The molecule has 1 aliphatic carbocycles. The highest BCUT2D eigenvalue weighted by Gasteiger charge is 2.24. The number of nitrogen functional groups attached to an aromatic ring is 1. The Labute approximate surface area is 108 Å². The summed E-state index contributed by atoms with van der Waals surface area (Å²) in [5, 5.41) is 8.96. The van der Waals surface area contributed by atoms with Crippen LogP contribution in [0.3, 0.4) is 0 Å². The van der Waals surface area contributed by atoms with Crippen molar-refractivity contribution in [2.45, 2.75) is 51.9 Å². The van der Waals surface area contributed by atoms with Gasteiger partial charge in [-0.15, -0.1) is 0 Å². The predicted molar refractivity (Wildman–Crippen MR) is 70.9 cm³/mol. The van der Waals surface area contributed by atoms with Gasteiger partial charge in [-0.2, -0.15) is 5.26 Å². The molecule has 0 bridgehead atoms. The van der Waals surface area contributed by atoms with Gasteiger partial charge in [0.1, 0.15) is 23.3 Å². The van der Waals surface area contributed by atoms with Crippen molar-refractivity contribution in [2.75, 3.05) is 5.73 Å². The van der Waals surface area contributed by atoms with Crippen LogP contribution in [0.2, 0.25) is 0 Å². The van der Waals surface area contributed by atoms with E-state index in [1.54, 1.807) is 0 Å². The van der Waals surface area contributed by atoms with Crippen LogP contribution >= 0.6 is 0 Å². The topological polar surface area (TPSA) is 75.6 Å². The highest BCUT2D eigenvalue weighted by atomic mass is 15.0. The van der Waals surface area contributed by atoms with E-state index in [-0.39, 0.29) is 0 Å². The van der Waals surface area contributed by atoms with Crippen molar-refractivity contribution >= 4 is 5.82 Å². The smallest absolute Gasteiger partial charge is 0.145 e. The molecule has 4 heteroatoms. The van der Waals surface area contributed by atoms with Crippen molar-refractivity contribution in [3.8, 4) is 6.07 Å². The van der Waals surface area contributed by atoms with Crippen LogP contribution in [0.25, 0.3) is 0 Å². The number of nitrogens with two attached hydrogens (primary N) is 1. The molecule has 0 unspecified atom stereocenters. The number of hydrogen-bond donors (Lipinski definition) is 1. The zero-order valence-corrected chi connectivity index (χ0v) is 11.1. The van der Waals surface area contributed by atoms with Crippen LogP contribution in [-0.2, 0) is 0 Å². The average Bonchev–Trinajstić information content (AvgIpc) is 2.38. The normalized spacial score (nSPS) is 23.6. The molecule has 1 heterocycles. The quantitative estimate of drug-likeness (QED) is 0.867. The number of aromatic nitrogens is 2. The van der Waals surface area contributed by atoms with E-state index in [1.165, 1.54) is 19.3 Å². The molecule has 0 aromatic carbocycles. The van der Waals surface area contributed by atoms with Crippen molar-refractivity contribution in [1.82, 2.24) is 9.97 Å². The summed E-state index contributed by atoms with van der Waals surface area (Å²) in [4.78, 5) is 8.79. The lowest BCUT2D eigenvalue weighted by Gasteiger charge is -2.27. The Morgan fingerprint density at radius 1 is 1.28 bits per heavy atom. The van der Waals surface area contributed by atoms with E-state index in [0.29, 0.717) is 23.0 Å². The fourth-order valence-corrected chi connectivity index (χ4v) is 2.77. The van der Waals surface area contributed by atoms with E-state index < -0.39 is 0 Å². The Morgan fingerprint density at radius 2 is 1.94 bits per heavy atom. The number of hydrogen-bond acceptors (Lipinski definition) is 4. The third-order valence-electron chi connectivity index (χ3n) is 4.04. The molecule has 2 N–H and O–H groups in total. The zero-order chi connectivity index (χ0) is 13.1. The Kier molecular flexibility index (Phi) is 3.81. The van der Waals surface area contributed by atoms with Gasteiger partial charge in [-0.1, -0.05) is 13.3 Å². The molecule has 1 aromatic rings. The molecule has 1 aromatic heterocycles. The van der Waals surface area contributed by atoms with Gasteiger partial charge in [-0.05, 0) is 38.5 Å². The molecule has 0 radical (unpaired) electrons. The van der Waals surface area contributed by atoms with Crippen molar-refractivity contribution < 1.29 is 0 Å². The molecular formula is C14H20N4. The predicted octanol–water partition coefficient (Wildman–Crippen LogP) is 2.92. The Hall–Kier alpha value is -1.63. The van der Waals surface area contributed by atoms with Crippen molar-refractivity contribution in [2.24, 2.45) is 5.92 Å². The molecule has 0 spiro atoms. The minimum Gasteiger partial charge on any atom is -0.382 e. The Balaban J connectivity index is 2.18. The third-order valence-corrected chi connectivity index (χ3v) is 4.04. The van der Waals surface area contributed by atoms with E-state index in [1.807, 2.05) is 6.92 Å². The van der Waals surface area contributed by atoms with Crippen LogP contribution in [0.15, 0.2) is 0 Å². The first kappa shape index (κ1) is 12.8. The van der Waals surface area contributed by atoms with Crippen LogP contribution < -0.4 is 5.73 Å². The van der Waals surface area contributed by atoms with Crippen molar-refractivity contribution in [3.63, 3.8) is 0 Å². The molecule has 1 saturated carbocycles. The van der Waals surface area contributed by atoms with Crippen molar-refractivity contribution in [1.29, 1.82) is 5.26 Å². The molecule has 18 heavy (non-hydrogen) atoms. The average molecular weight is 244 g/mol. The largest absolute Gasteiger partial charge is 0.382 e. The summed E-state index contributed by atoms with van der Waals surface area (Å²) in [6.07, 6.45) is 6.06. The summed E-state index contributed by atoms with van der Waals surface area (Å²) in [5.41, 5.74) is 6.94. The summed E-state index contributed by atoms with van der Waals surface area (Å²) in [6, 6.07) is 2.06. The maximum Gasteiger partial charge on any atom is 0.145 e. The van der Waals surface area contributed by atoms with Gasteiger partial charge in [0.2, 0.25) is 0 Å². The minimum absolute atomic E-state index is 0.331. The highest BCUT2D eigenvalue weighted by Crippen LogP contribution is 2.36. The first-order valence-electron chi connectivity index (χ1n) is 6.69. The lowest BCUT2D eigenvalue weighted by molar-refractivity contribution is 0.312. The number of aryl methyl sites for hydroxylation is 1. The first-order chi connectivity index (χ1) is 8.65. The van der Waals surface area contributed by atoms with Crippen molar-refractivity contribution in [3.05, 3.63) is 17.1 Å². The van der Waals surface area contributed by atoms with Gasteiger partial charge in [0.25, 0.3) is 0 Å². The minimum atomic E-state index is 0.331.